The Morgan fingerprint density at radius 1 is 1.22 bits per heavy atom. The average molecular weight is 385 g/mol. The number of anilines is 2. The first-order chi connectivity index (χ1) is 13.0. The van der Waals surface area contributed by atoms with Crippen molar-refractivity contribution >= 4 is 29.0 Å². The molecule has 1 saturated heterocycles. The number of nitrogens with zero attached hydrogens (tertiary/aromatic N) is 3. The van der Waals surface area contributed by atoms with E-state index in [1.54, 1.807) is 24.1 Å². The standard InChI is InChI=1S/C20H21ClN4O2/c1-14-10-18(19(27-2)12-17(14)21)23-20(26)25-8-6-24(7-9-25)16-5-3-4-15(11-16)13-22/h3-5,10-12H,6-9H2,1-2H3,(H,23,26). The molecule has 2 aromatic carbocycles. The molecule has 0 aliphatic carbocycles. The van der Waals surface area contributed by atoms with Gasteiger partial charge in [0.15, 0.2) is 0 Å². The van der Waals surface area contributed by atoms with Gasteiger partial charge in [0.25, 0.3) is 0 Å². The lowest BCUT2D eigenvalue weighted by Crippen LogP contribution is -2.50. The molecule has 2 amide bonds. The number of carbonyl (C=O) groups is 1. The molecule has 0 spiro atoms. The fraction of sp³-hybridized carbons (Fsp3) is 0.300. The highest BCUT2D eigenvalue weighted by molar-refractivity contribution is 6.31. The largest absolute Gasteiger partial charge is 0.495 e. The van der Waals surface area contributed by atoms with Crippen molar-refractivity contribution in [3.63, 3.8) is 0 Å². The summed E-state index contributed by atoms with van der Waals surface area (Å²) in [5, 5.41) is 12.6. The second-order valence-electron chi connectivity index (χ2n) is 6.37. The van der Waals surface area contributed by atoms with Crippen LogP contribution in [0.2, 0.25) is 5.02 Å². The first-order valence-corrected chi connectivity index (χ1v) is 9.05. The normalized spacial score (nSPS) is 13.9. The van der Waals surface area contributed by atoms with Crippen LogP contribution >= 0.6 is 11.6 Å². The summed E-state index contributed by atoms with van der Waals surface area (Å²) in [5.74, 6) is 0.533. The van der Waals surface area contributed by atoms with E-state index < -0.39 is 0 Å². The predicted molar refractivity (Wildman–Crippen MR) is 107 cm³/mol. The van der Waals surface area contributed by atoms with E-state index in [4.69, 9.17) is 21.6 Å². The molecule has 3 rings (SSSR count). The van der Waals surface area contributed by atoms with Crippen LogP contribution in [0.15, 0.2) is 36.4 Å². The summed E-state index contributed by atoms with van der Waals surface area (Å²) < 4.78 is 5.31. The van der Waals surface area contributed by atoms with E-state index in [2.05, 4.69) is 16.3 Å². The number of carbonyl (C=O) groups excluding carboxylic acids is 1. The number of rotatable bonds is 3. The molecule has 27 heavy (non-hydrogen) atoms. The summed E-state index contributed by atoms with van der Waals surface area (Å²) in [6.45, 7) is 4.48. The first kappa shape index (κ1) is 18.9. The molecule has 0 unspecified atom stereocenters. The van der Waals surface area contributed by atoms with Gasteiger partial charge in [-0.1, -0.05) is 17.7 Å². The lowest BCUT2D eigenvalue weighted by molar-refractivity contribution is 0.208. The molecule has 0 radical (unpaired) electrons. The molecule has 0 atom stereocenters. The topological polar surface area (TPSA) is 68.6 Å². The number of ether oxygens (including phenoxy) is 1. The van der Waals surface area contributed by atoms with Crippen LogP contribution in [0.3, 0.4) is 0 Å². The quantitative estimate of drug-likeness (QED) is 0.871. The zero-order valence-electron chi connectivity index (χ0n) is 15.3. The van der Waals surface area contributed by atoms with Crippen molar-refractivity contribution in [2.75, 3.05) is 43.5 Å². The SMILES string of the molecule is COc1cc(Cl)c(C)cc1NC(=O)N1CCN(c2cccc(C#N)c2)CC1. The van der Waals surface area contributed by atoms with Crippen molar-refractivity contribution < 1.29 is 9.53 Å². The van der Waals surface area contributed by atoms with E-state index in [-0.39, 0.29) is 6.03 Å². The number of hydrogen-bond donors (Lipinski definition) is 1. The van der Waals surface area contributed by atoms with Gasteiger partial charge in [0.2, 0.25) is 0 Å². The van der Waals surface area contributed by atoms with Gasteiger partial charge in [-0.15, -0.1) is 0 Å². The molecule has 7 heteroatoms. The van der Waals surface area contributed by atoms with Gasteiger partial charge in [-0.3, -0.25) is 0 Å². The number of halogens is 1. The zero-order chi connectivity index (χ0) is 19.4. The van der Waals surface area contributed by atoms with Gasteiger partial charge < -0.3 is 19.9 Å². The van der Waals surface area contributed by atoms with Gasteiger partial charge in [0.05, 0.1) is 24.4 Å². The Bertz CT molecular complexity index is 886. The fourth-order valence-electron chi connectivity index (χ4n) is 3.06. The van der Waals surface area contributed by atoms with E-state index in [0.29, 0.717) is 48.2 Å². The maximum absolute atomic E-state index is 12.6. The highest BCUT2D eigenvalue weighted by Crippen LogP contribution is 2.31. The van der Waals surface area contributed by atoms with Crippen molar-refractivity contribution in [3.05, 3.63) is 52.5 Å². The summed E-state index contributed by atoms with van der Waals surface area (Å²) in [7, 11) is 1.55. The molecule has 1 aliphatic rings. The second kappa shape index (κ2) is 8.19. The molecule has 6 nitrogen and oxygen atoms in total. The fourth-order valence-corrected chi connectivity index (χ4v) is 3.22. The van der Waals surface area contributed by atoms with Crippen molar-refractivity contribution in [2.45, 2.75) is 6.92 Å². The third-order valence-corrected chi connectivity index (χ3v) is 5.04. The number of hydrogen-bond acceptors (Lipinski definition) is 4. The van der Waals surface area contributed by atoms with Crippen LogP contribution in [0.25, 0.3) is 0 Å². The highest BCUT2D eigenvalue weighted by Gasteiger charge is 2.22. The van der Waals surface area contributed by atoms with Gasteiger partial charge in [-0.2, -0.15) is 5.26 Å². The van der Waals surface area contributed by atoms with Gasteiger partial charge in [-0.05, 0) is 36.8 Å². The summed E-state index contributed by atoms with van der Waals surface area (Å²) in [6.07, 6.45) is 0. The Hall–Kier alpha value is -2.91. The number of benzene rings is 2. The van der Waals surface area contributed by atoms with E-state index in [1.807, 2.05) is 31.2 Å². The minimum absolute atomic E-state index is 0.166. The number of piperazine rings is 1. The van der Waals surface area contributed by atoms with Crippen LogP contribution in [0, 0.1) is 18.3 Å². The minimum Gasteiger partial charge on any atom is -0.495 e. The molecule has 0 saturated carbocycles. The summed E-state index contributed by atoms with van der Waals surface area (Å²) >= 11 is 6.12. The Morgan fingerprint density at radius 2 is 1.96 bits per heavy atom. The maximum Gasteiger partial charge on any atom is 0.322 e. The Labute approximate surface area is 163 Å². The number of nitrogens with one attached hydrogen (secondary N) is 1. The van der Waals surface area contributed by atoms with E-state index >= 15 is 0 Å². The summed E-state index contributed by atoms with van der Waals surface area (Å²) in [5.41, 5.74) is 3.12. The Kier molecular flexibility index (Phi) is 5.72. The number of methoxy groups -OCH3 is 1. The molecule has 1 aliphatic heterocycles. The van der Waals surface area contributed by atoms with E-state index in [9.17, 15) is 4.79 Å². The zero-order valence-corrected chi connectivity index (χ0v) is 16.1. The Morgan fingerprint density at radius 3 is 2.63 bits per heavy atom. The predicted octanol–water partition coefficient (Wildman–Crippen LogP) is 3.88. The molecular formula is C20H21ClN4O2. The summed E-state index contributed by atoms with van der Waals surface area (Å²) in [6, 6.07) is 13.0. The molecule has 1 fully saturated rings. The van der Waals surface area contributed by atoms with Gasteiger partial charge >= 0.3 is 6.03 Å². The van der Waals surface area contributed by atoms with Crippen molar-refractivity contribution in [1.82, 2.24) is 4.90 Å². The molecule has 2 aromatic rings. The molecule has 1 heterocycles. The average Bonchev–Trinajstić information content (AvgIpc) is 2.70. The van der Waals surface area contributed by atoms with Crippen LogP contribution in [0.5, 0.6) is 5.75 Å². The van der Waals surface area contributed by atoms with E-state index in [0.717, 1.165) is 11.3 Å². The van der Waals surface area contributed by atoms with Gasteiger partial charge in [-0.25, -0.2) is 4.79 Å². The second-order valence-corrected chi connectivity index (χ2v) is 6.78. The maximum atomic E-state index is 12.6. The lowest BCUT2D eigenvalue weighted by atomic mass is 10.2. The molecule has 0 bridgehead atoms. The molecular weight excluding hydrogens is 364 g/mol. The van der Waals surface area contributed by atoms with Crippen LogP contribution in [-0.2, 0) is 0 Å². The summed E-state index contributed by atoms with van der Waals surface area (Å²) in [4.78, 5) is 16.6. The number of nitriles is 1. The van der Waals surface area contributed by atoms with E-state index in [1.165, 1.54) is 0 Å². The Balaban J connectivity index is 1.64. The minimum atomic E-state index is -0.166. The number of amides is 2. The third-order valence-electron chi connectivity index (χ3n) is 4.63. The molecule has 0 aromatic heterocycles. The van der Waals surface area contributed by atoms with Crippen molar-refractivity contribution in [1.29, 1.82) is 5.26 Å². The smallest absolute Gasteiger partial charge is 0.322 e. The van der Waals surface area contributed by atoms with Crippen LogP contribution in [0.1, 0.15) is 11.1 Å². The van der Waals surface area contributed by atoms with Crippen molar-refractivity contribution in [3.8, 4) is 11.8 Å². The highest BCUT2D eigenvalue weighted by atomic mass is 35.5. The monoisotopic (exact) mass is 384 g/mol. The number of urea groups is 1. The number of aryl methyl sites for hydroxylation is 1. The first-order valence-electron chi connectivity index (χ1n) is 8.67. The van der Waals surface area contributed by atoms with Gasteiger partial charge in [0, 0.05) is 43.0 Å². The third kappa shape index (κ3) is 4.26. The van der Waals surface area contributed by atoms with Gasteiger partial charge in [0.1, 0.15) is 5.75 Å². The molecule has 1 N–H and O–H groups in total. The van der Waals surface area contributed by atoms with Crippen molar-refractivity contribution in [2.24, 2.45) is 0 Å². The van der Waals surface area contributed by atoms with Crippen LogP contribution < -0.4 is 15.0 Å². The van der Waals surface area contributed by atoms with Crippen LogP contribution in [-0.4, -0.2) is 44.2 Å². The lowest BCUT2D eigenvalue weighted by Gasteiger charge is -2.36. The molecule has 140 valence electrons. The van der Waals surface area contributed by atoms with Crippen LogP contribution in [0.4, 0.5) is 16.2 Å².